The summed E-state index contributed by atoms with van der Waals surface area (Å²) in [6, 6.07) is -2.45. The van der Waals surface area contributed by atoms with Crippen molar-refractivity contribution in [2.24, 2.45) is 17.8 Å². The van der Waals surface area contributed by atoms with Gasteiger partial charge in [0.15, 0.2) is 0 Å². The van der Waals surface area contributed by atoms with Gasteiger partial charge in [0.25, 0.3) is 0 Å². The Balaban J connectivity index is 5.89. The molecule has 16 nitrogen and oxygen atoms in total. The molecule has 0 saturated carbocycles. The molecule has 0 aliphatic heterocycles. The van der Waals surface area contributed by atoms with Gasteiger partial charge in [-0.3, -0.25) is 33.7 Å². The molecule has 0 aliphatic rings. The van der Waals surface area contributed by atoms with Gasteiger partial charge >= 0.3 is 0 Å². The molecule has 100 heavy (non-hydrogen) atoms. The van der Waals surface area contributed by atoms with Gasteiger partial charge in [0.1, 0.15) is 18.1 Å². The first-order valence-corrected chi connectivity index (χ1v) is 48.0. The Labute approximate surface area is 637 Å². The minimum Gasteiger partial charge on any atom is -0.395 e. The number of aliphatic hydroxyl groups is 3. The van der Waals surface area contributed by atoms with Crippen LogP contribution in [-0.4, -0.2) is 202 Å². The topological polar surface area (TPSA) is 212 Å². The first kappa shape index (κ1) is 98.8. The van der Waals surface area contributed by atoms with Crippen LogP contribution in [0.15, 0.2) is 0 Å². The molecule has 0 aliphatic carbocycles. The number of nitrogens with one attached hydrogen (secondary N) is 3. The van der Waals surface area contributed by atoms with Gasteiger partial charge in [0, 0.05) is 113 Å². The van der Waals surface area contributed by atoms with E-state index >= 15 is 0 Å². The van der Waals surface area contributed by atoms with E-state index in [2.05, 4.69) is 36.7 Å². The van der Waals surface area contributed by atoms with Crippen molar-refractivity contribution in [3.05, 3.63) is 0 Å². The standard InChI is InChI=1S/C78H153N7O9S6/c1-10-13-16-19-22-25-28-31-34-37-40-43-61-95-98-64-46-70(89)83(55-58-86)73(67(4)5)76(92)79-49-52-82(53-50-80-77(93)74(68(6)7)84(56-59-87)71(90)47-65-99-96-62-44-41-38-35-32-29-26-23-20-17-14-11-2)54-51-81-78(94)75(69(8)9)85(57-60-88)72(91)48-66-100-97-63-45-42-39-36-33-30-27-24-21-18-15-12-3/h67-69,73-75,86-88H,10-66H2,1-9H3,(H,79,92)(H,80,93)(H,81,94). The number of carbonyl (C=O) groups excluding carboxylic acids is 6. The summed E-state index contributed by atoms with van der Waals surface area (Å²) in [5, 5.41) is 39.7. The summed E-state index contributed by atoms with van der Waals surface area (Å²) in [6.45, 7) is 18.9. The molecular formula is C78H153N7O9S6. The highest BCUT2D eigenvalue weighted by Gasteiger charge is 2.35. The van der Waals surface area contributed by atoms with Gasteiger partial charge in [-0.2, -0.15) is 0 Å². The number of hydrogen-bond donors (Lipinski definition) is 6. The third-order valence-corrected chi connectivity index (χ3v) is 26.0. The summed E-state index contributed by atoms with van der Waals surface area (Å²) in [6.07, 6.45) is 47.9. The Bertz CT molecular complexity index is 1730. The second-order valence-corrected chi connectivity index (χ2v) is 36.7. The van der Waals surface area contributed by atoms with Crippen LogP contribution < -0.4 is 16.0 Å². The lowest BCUT2D eigenvalue weighted by Crippen LogP contribution is -2.55. The minimum absolute atomic E-state index is 0.0316. The number of rotatable bonds is 75. The third kappa shape index (κ3) is 54.4. The van der Waals surface area contributed by atoms with Gasteiger partial charge in [-0.15, -0.1) is 0 Å². The molecule has 0 rings (SSSR count). The Hall–Kier alpha value is -1.24. The largest absolute Gasteiger partial charge is 0.395 e. The fraction of sp³-hybridized carbons (Fsp3) is 0.923. The van der Waals surface area contributed by atoms with E-state index in [1.165, 1.54) is 227 Å². The summed E-state index contributed by atoms with van der Waals surface area (Å²) < 4.78 is 0. The number of unbranched alkanes of at least 4 members (excludes halogenated alkanes) is 33. The van der Waals surface area contributed by atoms with E-state index in [1.807, 2.05) is 46.4 Å². The van der Waals surface area contributed by atoms with Crippen molar-refractivity contribution < 1.29 is 44.1 Å². The highest BCUT2D eigenvalue weighted by Crippen LogP contribution is 2.28. The minimum atomic E-state index is -0.816. The molecule has 0 radical (unpaired) electrons. The molecule has 0 fully saturated rings. The molecule has 6 N–H and O–H groups in total. The SMILES string of the molecule is CCCCCCCCCCCCCCSSCCC(=O)N(CCO)C(C(=O)NCCN(CCNC(=O)C(C(C)C)N(CCO)C(=O)CCSSCCCCCCCCCCCCCC)CCNC(=O)C(C(C)C)N(CCO)C(=O)CCSSCCCCCCCCCCCCCC)C(C)C. The fourth-order valence-electron chi connectivity index (χ4n) is 12.8. The van der Waals surface area contributed by atoms with Gasteiger partial charge in [-0.25, -0.2) is 0 Å². The zero-order valence-electron chi connectivity index (χ0n) is 65.3. The van der Waals surface area contributed by atoms with Crippen LogP contribution in [0, 0.1) is 17.8 Å². The summed E-state index contributed by atoms with van der Waals surface area (Å²) in [4.78, 5) is 90.8. The van der Waals surface area contributed by atoms with Gasteiger partial charge in [0.05, 0.1) is 19.8 Å². The van der Waals surface area contributed by atoms with E-state index in [1.54, 1.807) is 64.8 Å². The molecule has 590 valence electrons. The zero-order valence-corrected chi connectivity index (χ0v) is 70.2. The van der Waals surface area contributed by atoms with Crippen molar-refractivity contribution in [3.63, 3.8) is 0 Å². The van der Waals surface area contributed by atoms with E-state index in [-0.39, 0.29) is 132 Å². The average Bonchev–Trinajstić information content (AvgIpc) is 0.874. The van der Waals surface area contributed by atoms with E-state index in [4.69, 9.17) is 0 Å². The maximum Gasteiger partial charge on any atom is 0.243 e. The Morgan fingerprint density at radius 3 is 0.660 bits per heavy atom. The molecule has 0 aromatic rings. The monoisotopic (exact) mass is 1520 g/mol. The van der Waals surface area contributed by atoms with Crippen LogP contribution in [0.25, 0.3) is 0 Å². The smallest absolute Gasteiger partial charge is 0.243 e. The molecule has 0 heterocycles. The Morgan fingerprint density at radius 2 is 0.470 bits per heavy atom. The van der Waals surface area contributed by atoms with Gasteiger partial charge in [-0.05, 0) is 37.0 Å². The second kappa shape index (κ2) is 72.0. The third-order valence-electron chi connectivity index (χ3n) is 18.6. The van der Waals surface area contributed by atoms with Crippen LogP contribution in [-0.2, 0) is 28.8 Å². The summed E-state index contributed by atoms with van der Waals surface area (Å²) in [5.74, 6) is 2.65. The summed E-state index contributed by atoms with van der Waals surface area (Å²) in [5.41, 5.74) is 0. The number of nitrogens with zero attached hydrogens (tertiary/aromatic N) is 4. The predicted octanol–water partition coefficient (Wildman–Crippen LogP) is 17.6. The van der Waals surface area contributed by atoms with Crippen molar-refractivity contribution in [1.82, 2.24) is 35.6 Å². The molecule has 0 aromatic heterocycles. The molecule has 6 amide bonds. The average molecular weight is 1530 g/mol. The van der Waals surface area contributed by atoms with Gasteiger partial charge in [-0.1, -0.05) is 339 Å². The molecule has 0 saturated heterocycles. The molecule has 0 aromatic carbocycles. The fourth-order valence-corrected chi connectivity index (χ4v) is 19.2. The number of hydrogen-bond acceptors (Lipinski definition) is 16. The first-order chi connectivity index (χ1) is 48.6. The number of aliphatic hydroxyl groups excluding tert-OH is 3. The maximum absolute atomic E-state index is 14.2. The summed E-state index contributed by atoms with van der Waals surface area (Å²) in [7, 11) is 10.4. The lowest BCUT2D eigenvalue weighted by molar-refractivity contribution is -0.142. The molecule has 3 atom stereocenters. The highest BCUT2D eigenvalue weighted by atomic mass is 33.1. The van der Waals surface area contributed by atoms with Crippen LogP contribution in [0.3, 0.4) is 0 Å². The van der Waals surface area contributed by atoms with Crippen molar-refractivity contribution in [3.8, 4) is 0 Å². The Kier molecular flexibility index (Phi) is 71.1. The van der Waals surface area contributed by atoms with Gasteiger partial charge < -0.3 is 46.0 Å². The van der Waals surface area contributed by atoms with E-state index < -0.39 is 18.1 Å². The quantitative estimate of drug-likeness (QED) is 0.0247. The van der Waals surface area contributed by atoms with Crippen LogP contribution in [0.4, 0.5) is 0 Å². The van der Waals surface area contributed by atoms with Crippen LogP contribution in [0.5, 0.6) is 0 Å². The second-order valence-electron chi connectivity index (χ2n) is 28.6. The molecule has 3 unspecified atom stereocenters. The normalized spacial score (nSPS) is 12.6. The molecule has 22 heteroatoms. The van der Waals surface area contributed by atoms with Crippen molar-refractivity contribution in [1.29, 1.82) is 0 Å². The number of carbonyl (C=O) groups is 6. The van der Waals surface area contributed by atoms with E-state index in [9.17, 15) is 44.1 Å². The van der Waals surface area contributed by atoms with Crippen LogP contribution >= 0.6 is 64.8 Å². The Morgan fingerprint density at radius 1 is 0.280 bits per heavy atom. The lowest BCUT2D eigenvalue weighted by atomic mass is 10.0. The first-order valence-electron chi connectivity index (χ1n) is 40.6. The predicted molar refractivity (Wildman–Crippen MR) is 440 cm³/mol. The molecule has 0 bridgehead atoms. The maximum atomic E-state index is 14.2. The molecular weight excluding hydrogens is 1370 g/mol. The molecule has 0 spiro atoms. The summed E-state index contributed by atoms with van der Waals surface area (Å²) >= 11 is 0. The van der Waals surface area contributed by atoms with Crippen molar-refractivity contribution >= 4 is 100 Å². The highest BCUT2D eigenvalue weighted by molar-refractivity contribution is 8.77. The number of amides is 6. The zero-order chi connectivity index (χ0) is 73.9. The van der Waals surface area contributed by atoms with E-state index in [0.717, 1.165) is 36.5 Å². The van der Waals surface area contributed by atoms with Crippen LogP contribution in [0.2, 0.25) is 0 Å². The lowest BCUT2D eigenvalue weighted by Gasteiger charge is -2.34. The van der Waals surface area contributed by atoms with Crippen molar-refractivity contribution in [2.75, 3.05) is 113 Å². The van der Waals surface area contributed by atoms with E-state index in [0.29, 0.717) is 36.9 Å². The van der Waals surface area contributed by atoms with Crippen LogP contribution in [0.1, 0.15) is 313 Å². The van der Waals surface area contributed by atoms with Crippen molar-refractivity contribution in [2.45, 2.75) is 331 Å². The van der Waals surface area contributed by atoms with Gasteiger partial charge in [0.2, 0.25) is 35.4 Å².